The molecule has 110 valence electrons. The molecule has 2 aromatic heterocycles. The first-order valence-electron chi connectivity index (χ1n) is 6.36. The lowest BCUT2D eigenvalue weighted by atomic mass is 10.4. The molecule has 0 atom stereocenters. The van der Waals surface area contributed by atoms with Gasteiger partial charge >= 0.3 is 0 Å². The van der Waals surface area contributed by atoms with Crippen LogP contribution in [0.3, 0.4) is 0 Å². The number of rotatable bonds is 6. The van der Waals surface area contributed by atoms with E-state index in [4.69, 9.17) is 10.8 Å². The van der Waals surface area contributed by atoms with Crippen molar-refractivity contribution in [3.63, 3.8) is 0 Å². The lowest BCUT2D eigenvalue weighted by Gasteiger charge is -2.19. The molecule has 0 amide bonds. The van der Waals surface area contributed by atoms with Gasteiger partial charge in [-0.05, 0) is 18.6 Å². The molecule has 0 fully saturated rings. The predicted octanol–water partition coefficient (Wildman–Crippen LogP) is 0.309. The number of imidazole rings is 1. The summed E-state index contributed by atoms with van der Waals surface area (Å²) in [7, 11) is -3.74. The van der Waals surface area contributed by atoms with E-state index >= 15 is 0 Å². The number of fused-ring (bicyclic) bond motifs is 1. The molecule has 0 saturated carbocycles. The second-order valence-corrected chi connectivity index (χ2v) is 6.16. The zero-order chi connectivity index (χ0) is 14.8. The van der Waals surface area contributed by atoms with Gasteiger partial charge in [0.2, 0.25) is 0 Å². The van der Waals surface area contributed by atoms with Gasteiger partial charge in [0.15, 0.2) is 10.8 Å². The summed E-state index contributed by atoms with van der Waals surface area (Å²) in [5.41, 5.74) is 6.26. The van der Waals surface area contributed by atoms with Gasteiger partial charge in [0.1, 0.15) is 5.65 Å². The number of aliphatic hydroxyl groups excluding tert-OH is 1. The van der Waals surface area contributed by atoms with Crippen molar-refractivity contribution >= 4 is 21.5 Å². The summed E-state index contributed by atoms with van der Waals surface area (Å²) >= 11 is 0. The number of hydrogen-bond acceptors (Lipinski definition) is 5. The summed E-state index contributed by atoms with van der Waals surface area (Å²) in [6, 6.07) is 5.18. The van der Waals surface area contributed by atoms with Crippen molar-refractivity contribution in [2.75, 3.05) is 25.4 Å². The number of nitrogen functional groups attached to an aromatic ring is 1. The highest BCUT2D eigenvalue weighted by atomic mass is 32.2. The lowest BCUT2D eigenvalue weighted by Crippen LogP contribution is -2.33. The van der Waals surface area contributed by atoms with Crippen LogP contribution in [0, 0.1) is 0 Å². The average molecular weight is 298 g/mol. The Morgan fingerprint density at radius 2 is 2.20 bits per heavy atom. The Kier molecular flexibility index (Phi) is 4.26. The van der Waals surface area contributed by atoms with Crippen molar-refractivity contribution in [3.8, 4) is 0 Å². The quantitative estimate of drug-likeness (QED) is 0.799. The second kappa shape index (κ2) is 5.78. The molecule has 0 bridgehead atoms. The van der Waals surface area contributed by atoms with E-state index in [0.29, 0.717) is 18.6 Å². The zero-order valence-corrected chi connectivity index (χ0v) is 12.0. The third kappa shape index (κ3) is 2.49. The van der Waals surface area contributed by atoms with E-state index in [2.05, 4.69) is 4.98 Å². The van der Waals surface area contributed by atoms with Gasteiger partial charge in [-0.25, -0.2) is 13.4 Å². The molecule has 2 heterocycles. The number of aromatic nitrogens is 2. The summed E-state index contributed by atoms with van der Waals surface area (Å²) in [6.07, 6.45) is 2.00. The van der Waals surface area contributed by atoms with E-state index in [1.54, 1.807) is 31.3 Å². The Labute approximate surface area is 117 Å². The van der Waals surface area contributed by atoms with Gasteiger partial charge in [-0.1, -0.05) is 13.0 Å². The molecule has 8 heteroatoms. The molecule has 0 aliphatic carbocycles. The zero-order valence-electron chi connectivity index (χ0n) is 11.2. The van der Waals surface area contributed by atoms with Gasteiger partial charge in [-0.2, -0.15) is 4.31 Å². The van der Waals surface area contributed by atoms with Gasteiger partial charge in [-0.15, -0.1) is 0 Å². The van der Waals surface area contributed by atoms with Crippen LogP contribution in [0.2, 0.25) is 0 Å². The van der Waals surface area contributed by atoms with Gasteiger partial charge in [-0.3, -0.25) is 4.40 Å². The maximum Gasteiger partial charge on any atom is 0.262 e. The fraction of sp³-hybridized carbons (Fsp3) is 0.417. The normalized spacial score (nSPS) is 12.3. The number of anilines is 1. The van der Waals surface area contributed by atoms with E-state index < -0.39 is 10.0 Å². The number of nitrogens with two attached hydrogens (primary N) is 1. The van der Waals surface area contributed by atoms with Crippen LogP contribution in [-0.2, 0) is 10.0 Å². The van der Waals surface area contributed by atoms with E-state index in [1.807, 2.05) is 0 Å². The average Bonchev–Trinajstić information content (AvgIpc) is 2.75. The van der Waals surface area contributed by atoms with Crippen molar-refractivity contribution in [3.05, 3.63) is 24.4 Å². The number of sulfonamides is 1. The summed E-state index contributed by atoms with van der Waals surface area (Å²) in [5, 5.41) is 8.85. The molecule has 0 unspecified atom stereocenters. The van der Waals surface area contributed by atoms with E-state index in [-0.39, 0.29) is 24.0 Å². The SMILES string of the molecule is CCN(CCCO)S(=O)(=O)c1c(N)nc2ccccn12. The third-order valence-corrected chi connectivity index (χ3v) is 5.03. The molecule has 0 aliphatic heterocycles. The molecule has 0 aromatic carbocycles. The Bertz CT molecular complexity index is 696. The maximum atomic E-state index is 12.7. The molecular formula is C12H18N4O3S. The number of nitrogens with zero attached hydrogens (tertiary/aromatic N) is 3. The van der Waals surface area contributed by atoms with Crippen LogP contribution < -0.4 is 5.73 Å². The van der Waals surface area contributed by atoms with Crippen molar-refractivity contribution in [1.82, 2.24) is 13.7 Å². The molecule has 3 N–H and O–H groups in total. The lowest BCUT2D eigenvalue weighted by molar-refractivity contribution is 0.271. The van der Waals surface area contributed by atoms with Crippen molar-refractivity contribution in [2.24, 2.45) is 0 Å². The number of hydrogen-bond donors (Lipinski definition) is 2. The van der Waals surface area contributed by atoms with Crippen LogP contribution in [0.25, 0.3) is 5.65 Å². The molecule has 2 aromatic rings. The van der Waals surface area contributed by atoms with Gasteiger partial charge in [0.05, 0.1) is 0 Å². The number of aliphatic hydroxyl groups is 1. The van der Waals surface area contributed by atoms with Gasteiger partial charge in [0, 0.05) is 25.9 Å². The standard InChI is InChI=1S/C12H18N4O3S/c1-2-15(7-5-9-17)20(18,19)12-11(13)14-10-6-3-4-8-16(10)12/h3-4,6,8,17H,2,5,7,9,13H2,1H3. The Hall–Kier alpha value is -1.64. The Morgan fingerprint density at radius 3 is 2.85 bits per heavy atom. The predicted molar refractivity (Wildman–Crippen MR) is 75.7 cm³/mol. The van der Waals surface area contributed by atoms with Crippen molar-refractivity contribution < 1.29 is 13.5 Å². The molecule has 0 aliphatic rings. The monoisotopic (exact) mass is 298 g/mol. The van der Waals surface area contributed by atoms with Crippen LogP contribution in [0.1, 0.15) is 13.3 Å². The van der Waals surface area contributed by atoms with Crippen LogP contribution in [0.15, 0.2) is 29.4 Å². The maximum absolute atomic E-state index is 12.7. The van der Waals surface area contributed by atoms with E-state index in [9.17, 15) is 8.42 Å². The first-order valence-corrected chi connectivity index (χ1v) is 7.80. The van der Waals surface area contributed by atoms with Crippen molar-refractivity contribution in [1.29, 1.82) is 0 Å². The molecule has 0 saturated heterocycles. The van der Waals surface area contributed by atoms with Crippen LogP contribution in [0.4, 0.5) is 5.82 Å². The van der Waals surface area contributed by atoms with Gasteiger partial charge in [0.25, 0.3) is 10.0 Å². The van der Waals surface area contributed by atoms with Crippen LogP contribution >= 0.6 is 0 Å². The third-order valence-electron chi connectivity index (χ3n) is 3.01. The molecule has 0 radical (unpaired) electrons. The van der Waals surface area contributed by atoms with Gasteiger partial charge < -0.3 is 10.8 Å². The Morgan fingerprint density at radius 1 is 1.45 bits per heavy atom. The first kappa shape index (κ1) is 14.8. The fourth-order valence-electron chi connectivity index (χ4n) is 2.07. The summed E-state index contributed by atoms with van der Waals surface area (Å²) < 4.78 is 28.1. The second-order valence-electron chi connectivity index (χ2n) is 4.30. The summed E-state index contributed by atoms with van der Waals surface area (Å²) in [5.74, 6) is -0.0151. The topological polar surface area (TPSA) is 101 Å². The minimum absolute atomic E-state index is 0.0151. The highest BCUT2D eigenvalue weighted by Gasteiger charge is 2.29. The Balaban J connectivity index is 2.53. The molecule has 0 spiro atoms. The van der Waals surface area contributed by atoms with Crippen LogP contribution in [0.5, 0.6) is 0 Å². The smallest absolute Gasteiger partial charge is 0.262 e. The minimum Gasteiger partial charge on any atom is -0.396 e. The largest absolute Gasteiger partial charge is 0.396 e. The summed E-state index contributed by atoms with van der Waals surface area (Å²) in [6.45, 7) is 2.24. The van der Waals surface area contributed by atoms with Crippen LogP contribution in [-0.4, -0.2) is 46.9 Å². The first-order chi connectivity index (χ1) is 9.52. The molecular weight excluding hydrogens is 280 g/mol. The van der Waals surface area contributed by atoms with E-state index in [1.165, 1.54) is 8.71 Å². The van der Waals surface area contributed by atoms with Crippen molar-refractivity contribution in [2.45, 2.75) is 18.4 Å². The molecule has 7 nitrogen and oxygen atoms in total. The highest BCUT2D eigenvalue weighted by Crippen LogP contribution is 2.23. The minimum atomic E-state index is -3.74. The number of pyridine rings is 1. The molecule has 20 heavy (non-hydrogen) atoms. The molecule has 2 rings (SSSR count). The van der Waals surface area contributed by atoms with E-state index in [0.717, 1.165) is 0 Å². The highest BCUT2D eigenvalue weighted by molar-refractivity contribution is 7.89. The summed E-state index contributed by atoms with van der Waals surface area (Å²) in [4.78, 5) is 4.06. The fourth-order valence-corrected chi connectivity index (χ4v) is 3.73.